The minimum Gasteiger partial charge on any atom is -0.320 e. The summed E-state index contributed by atoms with van der Waals surface area (Å²) in [6, 6.07) is 3.06. The van der Waals surface area contributed by atoms with Gasteiger partial charge in [0.15, 0.2) is 5.44 Å². The first-order valence-electron chi connectivity index (χ1n) is 3.93. The van der Waals surface area contributed by atoms with Crippen LogP contribution in [0.15, 0.2) is 18.3 Å². The molecule has 0 spiro atoms. The van der Waals surface area contributed by atoms with Crippen LogP contribution in [0.5, 0.6) is 0 Å². The normalized spacial score (nSPS) is 12.1. The molecule has 1 aromatic rings. The van der Waals surface area contributed by atoms with Gasteiger partial charge in [0.1, 0.15) is 0 Å². The lowest BCUT2D eigenvalue weighted by Crippen LogP contribution is -2.08. The van der Waals surface area contributed by atoms with Crippen LogP contribution < -0.4 is 5.44 Å². The molecule has 5 heteroatoms. The molecule has 2 N–H and O–H groups in total. The fourth-order valence-corrected chi connectivity index (χ4v) is 1.39. The standard InChI is InChI=1S/C8H12NO3P/c1-6(2)7-3-4-8(9-5-7)13(10,11)12/h3-6H,1-2H3,(H2,10,11,12). The van der Waals surface area contributed by atoms with Crippen molar-refractivity contribution < 1.29 is 14.4 Å². The summed E-state index contributed by atoms with van der Waals surface area (Å²) in [5.41, 5.74) is 0.800. The molecule has 72 valence electrons. The van der Waals surface area contributed by atoms with Crippen molar-refractivity contribution in [1.82, 2.24) is 4.98 Å². The van der Waals surface area contributed by atoms with Crippen molar-refractivity contribution in [3.05, 3.63) is 23.9 Å². The molecule has 1 heterocycles. The lowest BCUT2D eigenvalue weighted by molar-refractivity contribution is 0.386. The Labute approximate surface area is 76.8 Å². The van der Waals surface area contributed by atoms with Gasteiger partial charge in [-0.2, -0.15) is 0 Å². The SMILES string of the molecule is CC(C)c1ccc(P(=O)(O)O)nc1. The number of nitrogens with zero attached hydrogens (tertiary/aromatic N) is 1. The molecule has 0 aliphatic carbocycles. The van der Waals surface area contributed by atoms with Crippen LogP contribution in [0, 0.1) is 0 Å². The van der Waals surface area contributed by atoms with Gasteiger partial charge in [0.25, 0.3) is 0 Å². The Morgan fingerprint density at radius 2 is 2.00 bits per heavy atom. The van der Waals surface area contributed by atoms with Crippen LogP contribution in [0.3, 0.4) is 0 Å². The van der Waals surface area contributed by atoms with Gasteiger partial charge in [0.2, 0.25) is 0 Å². The maximum absolute atomic E-state index is 10.7. The van der Waals surface area contributed by atoms with E-state index in [2.05, 4.69) is 4.98 Å². The summed E-state index contributed by atoms with van der Waals surface area (Å²) in [5, 5.41) is 0. The first-order valence-corrected chi connectivity index (χ1v) is 5.54. The second kappa shape index (κ2) is 3.58. The highest BCUT2D eigenvalue weighted by Gasteiger charge is 2.18. The lowest BCUT2D eigenvalue weighted by atomic mass is 10.1. The summed E-state index contributed by atoms with van der Waals surface area (Å²) in [6.07, 6.45) is 1.50. The predicted octanol–water partition coefficient (Wildman–Crippen LogP) is 1.01. The van der Waals surface area contributed by atoms with Crippen LogP contribution in [0.25, 0.3) is 0 Å². The fraction of sp³-hybridized carbons (Fsp3) is 0.375. The van der Waals surface area contributed by atoms with E-state index in [1.165, 1.54) is 12.3 Å². The number of hydrogen-bond acceptors (Lipinski definition) is 2. The first kappa shape index (κ1) is 10.4. The van der Waals surface area contributed by atoms with Gasteiger partial charge >= 0.3 is 7.60 Å². The molecule has 13 heavy (non-hydrogen) atoms. The molecule has 0 aromatic carbocycles. The van der Waals surface area contributed by atoms with Gasteiger partial charge in [0, 0.05) is 6.20 Å². The summed E-state index contributed by atoms with van der Waals surface area (Å²) >= 11 is 0. The van der Waals surface area contributed by atoms with Crippen molar-refractivity contribution in [2.45, 2.75) is 19.8 Å². The number of rotatable bonds is 2. The summed E-state index contributed by atoms with van der Waals surface area (Å²) in [7, 11) is -4.18. The zero-order chi connectivity index (χ0) is 10.1. The van der Waals surface area contributed by atoms with Crippen LogP contribution >= 0.6 is 7.60 Å². The average molecular weight is 201 g/mol. The molecular formula is C8H12NO3P. The highest BCUT2D eigenvalue weighted by Crippen LogP contribution is 2.31. The molecule has 0 saturated heterocycles. The largest absolute Gasteiger partial charge is 0.374 e. The minimum absolute atomic E-state index is 0.170. The van der Waals surface area contributed by atoms with E-state index in [1.54, 1.807) is 6.07 Å². The third-order valence-corrected chi connectivity index (χ3v) is 2.60. The Morgan fingerprint density at radius 1 is 1.38 bits per heavy atom. The van der Waals surface area contributed by atoms with Gasteiger partial charge in [-0.25, -0.2) is 4.98 Å². The summed E-state index contributed by atoms with van der Waals surface area (Å²) in [6.45, 7) is 3.99. The number of aromatic nitrogens is 1. The van der Waals surface area contributed by atoms with Crippen molar-refractivity contribution >= 4 is 13.0 Å². The lowest BCUT2D eigenvalue weighted by Gasteiger charge is -2.06. The first-order chi connectivity index (χ1) is 5.91. The van der Waals surface area contributed by atoms with Crippen molar-refractivity contribution in [3.63, 3.8) is 0 Å². The topological polar surface area (TPSA) is 70.4 Å². The molecule has 1 rings (SSSR count). The molecular weight excluding hydrogens is 189 g/mol. The molecule has 0 atom stereocenters. The zero-order valence-corrected chi connectivity index (χ0v) is 8.40. The van der Waals surface area contributed by atoms with Crippen molar-refractivity contribution in [2.24, 2.45) is 0 Å². The Kier molecular flexibility index (Phi) is 2.86. The molecule has 0 fully saturated rings. The van der Waals surface area contributed by atoms with Gasteiger partial charge in [-0.15, -0.1) is 0 Å². The van der Waals surface area contributed by atoms with E-state index in [1.807, 2.05) is 13.8 Å². The van der Waals surface area contributed by atoms with Gasteiger partial charge in [-0.3, -0.25) is 4.57 Å². The minimum atomic E-state index is -4.18. The monoisotopic (exact) mass is 201 g/mol. The van der Waals surface area contributed by atoms with E-state index in [9.17, 15) is 4.57 Å². The Balaban J connectivity index is 3.01. The number of pyridine rings is 1. The van der Waals surface area contributed by atoms with E-state index in [-0.39, 0.29) is 5.44 Å². The average Bonchev–Trinajstić information content (AvgIpc) is 2.03. The van der Waals surface area contributed by atoms with Crippen molar-refractivity contribution in [2.75, 3.05) is 0 Å². The van der Waals surface area contributed by atoms with E-state index >= 15 is 0 Å². The molecule has 0 amide bonds. The molecule has 0 saturated carbocycles. The van der Waals surface area contributed by atoms with Crippen LogP contribution in [-0.2, 0) is 4.57 Å². The quantitative estimate of drug-likeness (QED) is 0.700. The highest BCUT2D eigenvalue weighted by atomic mass is 31.2. The van der Waals surface area contributed by atoms with Gasteiger partial charge in [0.05, 0.1) is 0 Å². The zero-order valence-electron chi connectivity index (χ0n) is 7.51. The Bertz CT molecular complexity index is 328. The van der Waals surface area contributed by atoms with E-state index in [0.29, 0.717) is 5.92 Å². The van der Waals surface area contributed by atoms with Gasteiger partial charge < -0.3 is 9.79 Å². The van der Waals surface area contributed by atoms with E-state index in [0.717, 1.165) is 5.56 Å². The molecule has 0 aliphatic rings. The third-order valence-electron chi connectivity index (χ3n) is 1.74. The number of hydrogen-bond donors (Lipinski definition) is 2. The Morgan fingerprint density at radius 3 is 2.31 bits per heavy atom. The van der Waals surface area contributed by atoms with Crippen molar-refractivity contribution in [3.8, 4) is 0 Å². The van der Waals surface area contributed by atoms with E-state index < -0.39 is 7.60 Å². The molecule has 4 nitrogen and oxygen atoms in total. The molecule has 0 aliphatic heterocycles. The molecule has 0 unspecified atom stereocenters. The van der Waals surface area contributed by atoms with Crippen LogP contribution in [0.1, 0.15) is 25.3 Å². The van der Waals surface area contributed by atoms with Crippen LogP contribution in [0.4, 0.5) is 0 Å². The van der Waals surface area contributed by atoms with Crippen molar-refractivity contribution in [1.29, 1.82) is 0 Å². The maximum Gasteiger partial charge on any atom is 0.374 e. The van der Waals surface area contributed by atoms with Crippen LogP contribution in [-0.4, -0.2) is 14.8 Å². The third kappa shape index (κ3) is 2.62. The van der Waals surface area contributed by atoms with E-state index in [4.69, 9.17) is 9.79 Å². The summed E-state index contributed by atoms with van der Waals surface area (Å²) in [5.74, 6) is 0.318. The predicted molar refractivity (Wildman–Crippen MR) is 50.0 cm³/mol. The van der Waals surface area contributed by atoms with Crippen LogP contribution in [0.2, 0.25) is 0 Å². The summed E-state index contributed by atoms with van der Waals surface area (Å²) < 4.78 is 10.7. The molecule has 1 aromatic heterocycles. The maximum atomic E-state index is 10.7. The molecule has 0 bridgehead atoms. The molecule has 0 radical (unpaired) electrons. The second-order valence-electron chi connectivity index (χ2n) is 3.15. The smallest absolute Gasteiger partial charge is 0.320 e. The van der Waals surface area contributed by atoms with Gasteiger partial charge in [-0.05, 0) is 17.5 Å². The second-order valence-corrected chi connectivity index (χ2v) is 4.69. The highest BCUT2D eigenvalue weighted by molar-refractivity contribution is 7.60. The summed E-state index contributed by atoms with van der Waals surface area (Å²) in [4.78, 5) is 21.2. The Hall–Kier alpha value is -0.700. The fourth-order valence-electron chi connectivity index (χ4n) is 0.911. The van der Waals surface area contributed by atoms with Gasteiger partial charge in [-0.1, -0.05) is 19.9 Å².